The van der Waals surface area contributed by atoms with E-state index < -0.39 is 27.9 Å². The number of hydrogen-bond acceptors (Lipinski definition) is 5. The summed E-state index contributed by atoms with van der Waals surface area (Å²) in [5.74, 6) is -1.29. The van der Waals surface area contributed by atoms with Crippen molar-refractivity contribution in [2.45, 2.75) is 44.0 Å². The molecule has 0 bridgehead atoms. The van der Waals surface area contributed by atoms with Crippen molar-refractivity contribution in [3.05, 3.63) is 24.3 Å². The summed E-state index contributed by atoms with van der Waals surface area (Å²) in [6.45, 7) is 3.78. The van der Waals surface area contributed by atoms with Gasteiger partial charge in [0.15, 0.2) is 15.6 Å². The number of carbonyl (C=O) groups is 3. The average molecular weight is 384 g/mol. The SMILES string of the molecule is CC(C)C[C@H](NC(=O)Nc1ccc(S(C)(=O)=O)cc1)C(=O)CCC(=O)O. The zero-order chi connectivity index (χ0) is 19.9. The maximum atomic E-state index is 12.2. The number of urea groups is 1. The molecule has 0 spiro atoms. The summed E-state index contributed by atoms with van der Waals surface area (Å²) in [6, 6.07) is 4.22. The van der Waals surface area contributed by atoms with E-state index in [1.165, 1.54) is 24.3 Å². The Hall–Kier alpha value is -2.42. The minimum Gasteiger partial charge on any atom is -0.481 e. The lowest BCUT2D eigenvalue weighted by Gasteiger charge is -2.19. The highest BCUT2D eigenvalue weighted by Gasteiger charge is 2.22. The normalized spacial score (nSPS) is 12.5. The summed E-state index contributed by atoms with van der Waals surface area (Å²) in [6.07, 6.45) is 1.03. The number of aliphatic carboxylic acids is 1. The number of carbonyl (C=O) groups excluding carboxylic acids is 2. The lowest BCUT2D eigenvalue weighted by Crippen LogP contribution is -2.43. The molecule has 0 saturated heterocycles. The third kappa shape index (κ3) is 7.64. The molecule has 26 heavy (non-hydrogen) atoms. The first kappa shape index (κ1) is 21.6. The van der Waals surface area contributed by atoms with Crippen molar-refractivity contribution >= 4 is 33.3 Å². The van der Waals surface area contributed by atoms with E-state index in [4.69, 9.17) is 5.11 Å². The van der Waals surface area contributed by atoms with Crippen molar-refractivity contribution in [2.24, 2.45) is 5.92 Å². The third-order valence-electron chi connectivity index (χ3n) is 3.53. The molecule has 0 aliphatic rings. The van der Waals surface area contributed by atoms with E-state index >= 15 is 0 Å². The van der Waals surface area contributed by atoms with Crippen LogP contribution in [0.15, 0.2) is 29.2 Å². The van der Waals surface area contributed by atoms with Gasteiger partial charge in [-0.3, -0.25) is 9.59 Å². The van der Waals surface area contributed by atoms with Gasteiger partial charge in [0.2, 0.25) is 0 Å². The minimum absolute atomic E-state index is 0.128. The molecule has 0 radical (unpaired) electrons. The van der Waals surface area contributed by atoms with Crippen LogP contribution in [0.1, 0.15) is 33.1 Å². The van der Waals surface area contributed by atoms with Gasteiger partial charge < -0.3 is 15.7 Å². The van der Waals surface area contributed by atoms with Crippen LogP contribution in [0.2, 0.25) is 0 Å². The van der Waals surface area contributed by atoms with Crippen LogP contribution < -0.4 is 10.6 Å². The lowest BCUT2D eigenvalue weighted by atomic mass is 9.98. The number of benzene rings is 1. The van der Waals surface area contributed by atoms with Gasteiger partial charge in [0.1, 0.15) is 0 Å². The predicted octanol–water partition coefficient (Wildman–Crippen LogP) is 2.06. The topological polar surface area (TPSA) is 130 Å². The standard InChI is InChI=1S/C17H24N2O6S/c1-11(2)10-14(15(20)8-9-16(21)22)19-17(23)18-12-4-6-13(7-5-12)26(3,24)25/h4-7,11,14H,8-10H2,1-3H3,(H,21,22)(H2,18,19,23)/t14-/m0/s1. The number of anilines is 1. The molecule has 9 heteroatoms. The van der Waals surface area contributed by atoms with Gasteiger partial charge in [-0.2, -0.15) is 0 Å². The van der Waals surface area contributed by atoms with Crippen LogP contribution in [0.4, 0.5) is 10.5 Å². The molecule has 144 valence electrons. The van der Waals surface area contributed by atoms with Crippen molar-refractivity contribution in [3.63, 3.8) is 0 Å². The van der Waals surface area contributed by atoms with Crippen molar-refractivity contribution in [3.8, 4) is 0 Å². The summed E-state index contributed by atoms with van der Waals surface area (Å²) in [4.78, 5) is 35.0. The molecule has 0 fully saturated rings. The Bertz CT molecular complexity index is 756. The number of nitrogens with one attached hydrogen (secondary N) is 2. The van der Waals surface area contributed by atoms with Gasteiger partial charge in [-0.1, -0.05) is 13.8 Å². The first-order valence-corrected chi connectivity index (χ1v) is 10.0. The molecule has 0 aromatic heterocycles. The maximum absolute atomic E-state index is 12.2. The Morgan fingerprint density at radius 2 is 1.65 bits per heavy atom. The van der Waals surface area contributed by atoms with Crippen LogP contribution in [0, 0.1) is 5.92 Å². The van der Waals surface area contributed by atoms with Crippen LogP contribution in [-0.2, 0) is 19.4 Å². The zero-order valence-corrected chi connectivity index (χ0v) is 15.8. The maximum Gasteiger partial charge on any atom is 0.319 e. The molecule has 1 rings (SSSR count). The van der Waals surface area contributed by atoms with Crippen molar-refractivity contribution in [1.29, 1.82) is 0 Å². The van der Waals surface area contributed by atoms with Gasteiger partial charge >= 0.3 is 12.0 Å². The number of rotatable bonds is 9. The van der Waals surface area contributed by atoms with Crippen molar-refractivity contribution in [1.82, 2.24) is 5.32 Å². The van der Waals surface area contributed by atoms with E-state index in [1.54, 1.807) is 0 Å². The van der Waals surface area contributed by atoms with Gasteiger partial charge in [-0.15, -0.1) is 0 Å². The fourth-order valence-corrected chi connectivity index (χ4v) is 2.89. The Kier molecular flexibility index (Phi) is 7.76. The first-order valence-electron chi connectivity index (χ1n) is 8.11. The Morgan fingerprint density at radius 1 is 1.08 bits per heavy atom. The molecule has 8 nitrogen and oxygen atoms in total. The number of carboxylic acid groups (broad SMARTS) is 1. The van der Waals surface area contributed by atoms with Gasteiger partial charge in [0.05, 0.1) is 17.4 Å². The van der Waals surface area contributed by atoms with E-state index in [9.17, 15) is 22.8 Å². The van der Waals surface area contributed by atoms with Crippen LogP contribution >= 0.6 is 0 Å². The number of sulfone groups is 1. The van der Waals surface area contributed by atoms with E-state index in [0.29, 0.717) is 12.1 Å². The molecule has 0 saturated carbocycles. The molecular weight excluding hydrogens is 360 g/mol. The second-order valence-corrected chi connectivity index (χ2v) is 8.45. The lowest BCUT2D eigenvalue weighted by molar-refractivity contribution is -0.138. The molecule has 1 aromatic carbocycles. The molecular formula is C17H24N2O6S. The second kappa shape index (κ2) is 9.33. The number of carboxylic acids is 1. The quantitative estimate of drug-likeness (QED) is 0.597. The highest BCUT2D eigenvalue weighted by atomic mass is 32.2. The Balaban J connectivity index is 2.73. The number of amides is 2. The van der Waals surface area contributed by atoms with E-state index in [2.05, 4.69) is 10.6 Å². The van der Waals surface area contributed by atoms with E-state index in [-0.39, 0.29) is 29.4 Å². The smallest absolute Gasteiger partial charge is 0.319 e. The van der Waals surface area contributed by atoms with Gasteiger partial charge in [-0.25, -0.2) is 13.2 Å². The highest BCUT2D eigenvalue weighted by molar-refractivity contribution is 7.90. The van der Waals surface area contributed by atoms with Crippen LogP contribution in [0.3, 0.4) is 0 Å². The van der Waals surface area contributed by atoms with Crippen LogP contribution in [0.5, 0.6) is 0 Å². The summed E-state index contributed by atoms with van der Waals surface area (Å²) < 4.78 is 22.8. The minimum atomic E-state index is -3.33. The van der Waals surface area contributed by atoms with Crippen molar-refractivity contribution in [2.75, 3.05) is 11.6 Å². The predicted molar refractivity (Wildman–Crippen MR) is 96.8 cm³/mol. The van der Waals surface area contributed by atoms with Gasteiger partial charge in [-0.05, 0) is 36.6 Å². The molecule has 0 heterocycles. The average Bonchev–Trinajstić information content (AvgIpc) is 2.51. The molecule has 0 unspecified atom stereocenters. The number of ketones is 1. The fraction of sp³-hybridized carbons (Fsp3) is 0.471. The van der Waals surface area contributed by atoms with Crippen molar-refractivity contribution < 1.29 is 27.9 Å². The molecule has 3 N–H and O–H groups in total. The number of hydrogen-bond donors (Lipinski definition) is 3. The van der Waals surface area contributed by atoms with Gasteiger partial charge in [0.25, 0.3) is 0 Å². The third-order valence-corrected chi connectivity index (χ3v) is 4.66. The molecule has 0 aliphatic carbocycles. The molecule has 2 amide bonds. The van der Waals surface area contributed by atoms with Gasteiger partial charge in [0, 0.05) is 18.4 Å². The highest BCUT2D eigenvalue weighted by Crippen LogP contribution is 2.14. The molecule has 1 aromatic rings. The second-order valence-electron chi connectivity index (χ2n) is 6.44. The summed E-state index contributed by atoms with van der Waals surface area (Å²) in [5.41, 5.74) is 0.371. The van der Waals surface area contributed by atoms with Crippen LogP contribution in [-0.4, -0.2) is 43.6 Å². The first-order chi connectivity index (χ1) is 12.0. The largest absolute Gasteiger partial charge is 0.481 e. The van der Waals surface area contributed by atoms with E-state index in [0.717, 1.165) is 6.26 Å². The molecule has 0 aliphatic heterocycles. The van der Waals surface area contributed by atoms with E-state index in [1.807, 2.05) is 13.8 Å². The zero-order valence-electron chi connectivity index (χ0n) is 15.0. The number of Topliss-reactive ketones (excluding diaryl/α,β-unsaturated/α-hetero) is 1. The summed E-state index contributed by atoms with van der Waals surface area (Å²) in [7, 11) is -3.33. The fourth-order valence-electron chi connectivity index (χ4n) is 2.26. The summed E-state index contributed by atoms with van der Waals surface area (Å²) in [5, 5.41) is 13.8. The Labute approximate surface area is 152 Å². The Morgan fingerprint density at radius 3 is 2.12 bits per heavy atom. The van der Waals surface area contributed by atoms with Crippen LogP contribution in [0.25, 0.3) is 0 Å². The summed E-state index contributed by atoms with van der Waals surface area (Å²) >= 11 is 0. The molecule has 1 atom stereocenters. The monoisotopic (exact) mass is 384 g/mol.